The molecular weight excluding hydrogens is 530 g/mol. The van der Waals surface area contributed by atoms with Gasteiger partial charge in [0.25, 0.3) is 0 Å². The van der Waals surface area contributed by atoms with E-state index in [1.165, 1.54) is 11.9 Å². The number of terminal acetylenes is 1. The molecule has 218 valence electrons. The van der Waals surface area contributed by atoms with Gasteiger partial charge in [-0.05, 0) is 30.4 Å². The van der Waals surface area contributed by atoms with Crippen LogP contribution in [0, 0.1) is 18.3 Å². The van der Waals surface area contributed by atoms with E-state index in [1.807, 2.05) is 30.3 Å². The Hall–Kier alpha value is -4.69. The van der Waals surface area contributed by atoms with Crippen LogP contribution in [-0.2, 0) is 35.2 Å². The molecule has 0 bridgehead atoms. The van der Waals surface area contributed by atoms with Gasteiger partial charge >= 0.3 is 0 Å². The fourth-order valence-electron chi connectivity index (χ4n) is 4.55. The van der Waals surface area contributed by atoms with Crippen LogP contribution in [0.15, 0.2) is 35.4 Å². The number of likely N-dealkylation sites (tertiary alicyclic amines) is 1. The van der Waals surface area contributed by atoms with Gasteiger partial charge in [-0.2, -0.15) is 0 Å². The van der Waals surface area contributed by atoms with Crippen LogP contribution in [0.4, 0.5) is 0 Å². The quantitative estimate of drug-likeness (QED) is 0.115. The molecule has 1 saturated heterocycles. The van der Waals surface area contributed by atoms with Crippen molar-refractivity contribution in [3.05, 3.63) is 46.3 Å². The second-order valence-corrected chi connectivity index (χ2v) is 9.58. The van der Waals surface area contributed by atoms with Gasteiger partial charge in [0.15, 0.2) is 11.6 Å². The first-order chi connectivity index (χ1) is 19.7. The zero-order valence-electron chi connectivity index (χ0n) is 23.0. The largest absolute Gasteiger partial charge is 0.359 e. The second kappa shape index (κ2) is 17.1. The fourth-order valence-corrected chi connectivity index (χ4v) is 4.55. The molecule has 1 aliphatic rings. The predicted molar refractivity (Wildman–Crippen MR) is 149 cm³/mol. The molecule has 1 aromatic rings. The monoisotopic (exact) mass is 565 g/mol. The normalized spacial score (nSPS) is 15.4. The van der Waals surface area contributed by atoms with E-state index >= 15 is 0 Å². The van der Waals surface area contributed by atoms with Gasteiger partial charge in [-0.25, -0.2) is 0 Å². The lowest BCUT2D eigenvalue weighted by molar-refractivity contribution is -0.139. The number of hydrogen-bond donors (Lipinski definition) is 3. The van der Waals surface area contributed by atoms with Crippen LogP contribution in [0.25, 0.3) is 10.4 Å². The van der Waals surface area contributed by atoms with Crippen LogP contribution in [0.5, 0.6) is 0 Å². The number of carbonyl (C=O) groups is 6. The van der Waals surface area contributed by atoms with E-state index in [0.717, 1.165) is 5.56 Å². The van der Waals surface area contributed by atoms with Crippen LogP contribution in [0.3, 0.4) is 0 Å². The number of amides is 4. The molecule has 1 fully saturated rings. The Morgan fingerprint density at radius 2 is 1.88 bits per heavy atom. The van der Waals surface area contributed by atoms with Crippen molar-refractivity contribution < 1.29 is 28.8 Å². The van der Waals surface area contributed by atoms with E-state index in [0.29, 0.717) is 19.4 Å². The fraction of sp³-hybridized carbons (Fsp3) is 0.500. The summed E-state index contributed by atoms with van der Waals surface area (Å²) in [5.74, 6) is -1.10. The molecule has 0 spiro atoms. The van der Waals surface area contributed by atoms with Gasteiger partial charge in [0, 0.05) is 50.1 Å². The summed E-state index contributed by atoms with van der Waals surface area (Å²) in [4.78, 5) is 79.5. The first kappa shape index (κ1) is 32.5. The molecule has 2 rings (SSSR count). The molecule has 13 nitrogen and oxygen atoms in total. The molecule has 3 N–H and O–H groups in total. The van der Waals surface area contributed by atoms with E-state index in [4.69, 9.17) is 12.0 Å². The van der Waals surface area contributed by atoms with Crippen molar-refractivity contribution in [2.75, 3.05) is 26.7 Å². The van der Waals surface area contributed by atoms with Crippen molar-refractivity contribution in [1.82, 2.24) is 20.9 Å². The number of azide groups is 1. The van der Waals surface area contributed by atoms with Crippen molar-refractivity contribution in [2.24, 2.45) is 11.0 Å². The minimum absolute atomic E-state index is 0.0459. The smallest absolute Gasteiger partial charge is 0.242 e. The Kier molecular flexibility index (Phi) is 13.6. The number of rotatable bonds is 16. The number of nitrogens with zero attached hydrogens (tertiary/aromatic N) is 4. The number of nitrogens with one attached hydrogen (secondary N) is 3. The molecule has 41 heavy (non-hydrogen) atoms. The van der Waals surface area contributed by atoms with Crippen LogP contribution >= 0.6 is 0 Å². The third-order valence-electron chi connectivity index (χ3n) is 6.71. The molecule has 1 heterocycles. The van der Waals surface area contributed by atoms with Gasteiger partial charge < -0.3 is 20.9 Å². The Labute approximate surface area is 238 Å². The van der Waals surface area contributed by atoms with Crippen LogP contribution in [0.1, 0.15) is 44.1 Å². The summed E-state index contributed by atoms with van der Waals surface area (Å²) in [6.45, 7) is -0.484. The van der Waals surface area contributed by atoms with E-state index in [-0.39, 0.29) is 56.1 Å². The van der Waals surface area contributed by atoms with Gasteiger partial charge in [0.2, 0.25) is 23.6 Å². The van der Waals surface area contributed by atoms with E-state index in [9.17, 15) is 28.8 Å². The molecule has 1 aromatic carbocycles. The first-order valence-corrected chi connectivity index (χ1v) is 13.3. The molecule has 0 aliphatic carbocycles. The molecule has 0 saturated carbocycles. The van der Waals surface area contributed by atoms with Crippen LogP contribution in [-0.4, -0.2) is 78.9 Å². The first-order valence-electron chi connectivity index (χ1n) is 13.3. The third-order valence-corrected chi connectivity index (χ3v) is 6.71. The SMILES string of the molecule is C#CCC(NC(=O)C(CC(=O)C1CCCN1C(=O)CNC(=O)CN=[N+]=[N-])Cc1ccccc1)C(=O)CCC(=O)NC. The second-order valence-electron chi connectivity index (χ2n) is 9.58. The Bertz CT molecular complexity index is 1210. The van der Waals surface area contributed by atoms with Gasteiger partial charge in [-0.15, -0.1) is 12.3 Å². The summed E-state index contributed by atoms with van der Waals surface area (Å²) in [6, 6.07) is 7.31. The summed E-state index contributed by atoms with van der Waals surface area (Å²) in [6.07, 6.45) is 6.22. The Morgan fingerprint density at radius 1 is 1.15 bits per heavy atom. The maximum atomic E-state index is 13.4. The highest BCUT2D eigenvalue weighted by Crippen LogP contribution is 2.23. The zero-order chi connectivity index (χ0) is 30.2. The maximum absolute atomic E-state index is 13.4. The molecule has 1 aliphatic heterocycles. The summed E-state index contributed by atoms with van der Waals surface area (Å²) >= 11 is 0. The average molecular weight is 566 g/mol. The van der Waals surface area contributed by atoms with E-state index in [1.54, 1.807) is 0 Å². The molecule has 13 heteroatoms. The van der Waals surface area contributed by atoms with Crippen molar-refractivity contribution in [3.8, 4) is 12.3 Å². The summed E-state index contributed by atoms with van der Waals surface area (Å²) in [7, 11) is 1.46. The van der Waals surface area contributed by atoms with Crippen molar-refractivity contribution >= 4 is 35.2 Å². The number of Topliss-reactive ketones (excluding diaryl/α,β-unsaturated/α-hetero) is 2. The van der Waals surface area contributed by atoms with Gasteiger partial charge in [-0.3, -0.25) is 28.8 Å². The standard InChI is InChI=1S/C28H35N7O6/c1-3-8-21(23(36)12-13-25(38)30-2)33-28(41)20(15-19-9-5-4-6-10-19)16-24(37)22-11-7-14-35(22)27(40)18-31-26(39)17-32-34-29/h1,4-6,9-10,20-22H,7-8,11-18H2,2H3,(H,30,38)(H,31,39)(H,33,41). The Morgan fingerprint density at radius 3 is 2.54 bits per heavy atom. The lowest BCUT2D eigenvalue weighted by Gasteiger charge is -2.26. The zero-order valence-corrected chi connectivity index (χ0v) is 23.0. The highest BCUT2D eigenvalue weighted by molar-refractivity contribution is 5.96. The molecule has 3 atom stereocenters. The number of benzene rings is 1. The Balaban J connectivity index is 2.14. The van der Waals surface area contributed by atoms with Crippen LogP contribution < -0.4 is 16.0 Å². The summed E-state index contributed by atoms with van der Waals surface area (Å²) < 4.78 is 0. The number of carbonyl (C=O) groups excluding carboxylic acids is 6. The van der Waals surface area contributed by atoms with Gasteiger partial charge in [0.05, 0.1) is 18.6 Å². The molecule has 0 aromatic heterocycles. The van der Waals surface area contributed by atoms with Crippen molar-refractivity contribution in [1.29, 1.82) is 0 Å². The molecular formula is C28H35N7O6. The van der Waals surface area contributed by atoms with Crippen molar-refractivity contribution in [3.63, 3.8) is 0 Å². The van der Waals surface area contributed by atoms with Crippen LogP contribution in [0.2, 0.25) is 0 Å². The highest BCUT2D eigenvalue weighted by Gasteiger charge is 2.36. The third kappa shape index (κ3) is 10.8. The highest BCUT2D eigenvalue weighted by atomic mass is 16.2. The number of hydrogen-bond acceptors (Lipinski definition) is 7. The van der Waals surface area contributed by atoms with E-state index < -0.39 is 42.3 Å². The maximum Gasteiger partial charge on any atom is 0.242 e. The summed E-state index contributed by atoms with van der Waals surface area (Å²) in [5, 5.41) is 10.6. The molecule has 3 unspecified atom stereocenters. The number of ketones is 2. The van der Waals surface area contributed by atoms with Gasteiger partial charge in [-0.1, -0.05) is 35.4 Å². The lowest BCUT2D eigenvalue weighted by Crippen LogP contribution is -2.48. The topological polar surface area (TPSA) is 191 Å². The minimum Gasteiger partial charge on any atom is -0.359 e. The summed E-state index contributed by atoms with van der Waals surface area (Å²) in [5.41, 5.74) is 9.13. The minimum atomic E-state index is -1.01. The molecule has 4 amide bonds. The predicted octanol–water partition coefficient (Wildman–Crippen LogP) is 0.825. The molecule has 0 radical (unpaired) electrons. The van der Waals surface area contributed by atoms with E-state index in [2.05, 4.69) is 31.9 Å². The van der Waals surface area contributed by atoms with Crippen molar-refractivity contribution in [2.45, 2.75) is 57.0 Å². The average Bonchev–Trinajstić information content (AvgIpc) is 3.47. The lowest BCUT2D eigenvalue weighted by atomic mass is 9.90. The van der Waals surface area contributed by atoms with Gasteiger partial charge in [0.1, 0.15) is 6.54 Å².